The fraction of sp³-hybridized carbons (Fsp3) is 0.421. The lowest BCUT2D eigenvalue weighted by molar-refractivity contribution is 0.178. The second-order valence-corrected chi connectivity index (χ2v) is 6.88. The number of anilines is 1. The number of hydrogen-bond acceptors (Lipinski definition) is 7. The number of fused-ring (bicyclic) bond motifs is 1. The van der Waals surface area contributed by atoms with Gasteiger partial charge in [0.15, 0.2) is 11.5 Å². The van der Waals surface area contributed by atoms with E-state index in [1.165, 1.54) is 6.21 Å². The van der Waals surface area contributed by atoms with E-state index in [1.54, 1.807) is 36.3 Å². The van der Waals surface area contributed by atoms with Crippen molar-refractivity contribution < 1.29 is 4.74 Å². The van der Waals surface area contributed by atoms with Crippen molar-refractivity contribution >= 4 is 29.3 Å². The summed E-state index contributed by atoms with van der Waals surface area (Å²) in [5.41, 5.74) is 2.82. The Morgan fingerprint density at radius 2 is 2.25 bits per heavy atom. The van der Waals surface area contributed by atoms with Crippen LogP contribution in [0.1, 0.15) is 36.8 Å². The normalized spacial score (nSPS) is 12.2. The minimum Gasteiger partial charge on any atom is -0.377 e. The molecule has 3 aromatic heterocycles. The zero-order valence-corrected chi connectivity index (χ0v) is 16.8. The van der Waals surface area contributed by atoms with Crippen LogP contribution in [0.3, 0.4) is 0 Å². The molecule has 3 heterocycles. The van der Waals surface area contributed by atoms with Crippen molar-refractivity contribution in [1.82, 2.24) is 24.6 Å². The van der Waals surface area contributed by atoms with Gasteiger partial charge >= 0.3 is 0 Å². The Morgan fingerprint density at radius 3 is 2.96 bits per heavy atom. The summed E-state index contributed by atoms with van der Waals surface area (Å²) in [7, 11) is 1.62. The predicted octanol–water partition coefficient (Wildman–Crippen LogP) is 3.33. The van der Waals surface area contributed by atoms with E-state index >= 15 is 0 Å². The van der Waals surface area contributed by atoms with Crippen LogP contribution in [0, 0.1) is 5.41 Å². The number of ether oxygens (including phenoxy) is 1. The summed E-state index contributed by atoms with van der Waals surface area (Å²) in [6.45, 7) is 2.49. The third kappa shape index (κ3) is 4.63. The third-order valence-corrected chi connectivity index (χ3v) is 4.64. The molecule has 0 aliphatic rings. The van der Waals surface area contributed by atoms with Gasteiger partial charge in [0.1, 0.15) is 18.8 Å². The van der Waals surface area contributed by atoms with E-state index < -0.39 is 0 Å². The Morgan fingerprint density at radius 1 is 1.39 bits per heavy atom. The molecule has 3 aromatic rings. The number of pyridine rings is 1. The molecule has 0 amide bonds. The molecule has 1 unspecified atom stereocenters. The Kier molecular flexibility index (Phi) is 6.89. The molecule has 0 fully saturated rings. The van der Waals surface area contributed by atoms with Gasteiger partial charge in [-0.2, -0.15) is 0 Å². The summed E-state index contributed by atoms with van der Waals surface area (Å²) in [6, 6.07) is 3.52. The zero-order valence-electron chi connectivity index (χ0n) is 16.0. The molecule has 2 N–H and O–H groups in total. The zero-order chi connectivity index (χ0) is 19.9. The summed E-state index contributed by atoms with van der Waals surface area (Å²) >= 11 is 6.23. The van der Waals surface area contributed by atoms with Crippen LogP contribution >= 0.6 is 11.6 Å². The Bertz CT molecular complexity index is 943. The minimum absolute atomic E-state index is 0.0585. The number of rotatable bonds is 10. The van der Waals surface area contributed by atoms with Crippen molar-refractivity contribution in [2.24, 2.45) is 0 Å². The van der Waals surface area contributed by atoms with Gasteiger partial charge in [0.25, 0.3) is 0 Å². The first kappa shape index (κ1) is 20.2. The molecule has 9 heteroatoms. The van der Waals surface area contributed by atoms with E-state index in [-0.39, 0.29) is 6.04 Å². The second-order valence-electron chi connectivity index (χ2n) is 6.47. The number of methoxy groups -OCH3 is 1. The third-order valence-electron chi connectivity index (χ3n) is 4.33. The lowest BCUT2D eigenvalue weighted by Gasteiger charge is -2.19. The predicted molar refractivity (Wildman–Crippen MR) is 109 cm³/mol. The number of halogens is 1. The van der Waals surface area contributed by atoms with Gasteiger partial charge in [-0.05, 0) is 24.8 Å². The highest BCUT2D eigenvalue weighted by Crippen LogP contribution is 2.22. The van der Waals surface area contributed by atoms with E-state index in [2.05, 4.69) is 32.3 Å². The van der Waals surface area contributed by atoms with Crippen molar-refractivity contribution in [3.05, 3.63) is 46.8 Å². The fourth-order valence-electron chi connectivity index (χ4n) is 3.11. The highest BCUT2D eigenvalue weighted by molar-refractivity contribution is 6.32. The molecular formula is C19H24ClN7O. The molecule has 0 bridgehead atoms. The lowest BCUT2D eigenvalue weighted by Crippen LogP contribution is -2.25. The SMILES string of the molecule is CCCc1c(CC(CC=N)Nc2ncccc2Cl)ncn2nc(COC)nc12. The van der Waals surface area contributed by atoms with Crippen LogP contribution in [0.25, 0.3) is 5.65 Å². The van der Waals surface area contributed by atoms with Gasteiger partial charge in [-0.15, -0.1) is 5.10 Å². The van der Waals surface area contributed by atoms with Gasteiger partial charge in [-0.3, -0.25) is 0 Å². The Hall–Kier alpha value is -2.58. The number of aromatic nitrogens is 5. The summed E-state index contributed by atoms with van der Waals surface area (Å²) in [6.07, 6.45) is 7.74. The van der Waals surface area contributed by atoms with Crippen LogP contribution in [-0.4, -0.2) is 43.9 Å². The molecule has 0 spiro atoms. The minimum atomic E-state index is -0.0585. The number of aryl methyl sites for hydroxylation is 1. The molecule has 8 nitrogen and oxygen atoms in total. The topological polar surface area (TPSA) is 101 Å². The van der Waals surface area contributed by atoms with Crippen LogP contribution in [0.4, 0.5) is 5.82 Å². The summed E-state index contributed by atoms with van der Waals surface area (Å²) < 4.78 is 6.85. The van der Waals surface area contributed by atoms with Crippen LogP contribution in [0.2, 0.25) is 5.02 Å². The van der Waals surface area contributed by atoms with Gasteiger partial charge < -0.3 is 15.5 Å². The maximum absolute atomic E-state index is 7.55. The molecule has 0 aromatic carbocycles. The van der Waals surface area contributed by atoms with Crippen molar-refractivity contribution in [3.63, 3.8) is 0 Å². The summed E-state index contributed by atoms with van der Waals surface area (Å²) in [5.74, 6) is 1.24. The highest BCUT2D eigenvalue weighted by Gasteiger charge is 2.18. The van der Waals surface area contributed by atoms with Gasteiger partial charge in [-0.1, -0.05) is 24.9 Å². The van der Waals surface area contributed by atoms with Crippen LogP contribution < -0.4 is 5.32 Å². The van der Waals surface area contributed by atoms with Crippen LogP contribution in [0.15, 0.2) is 24.7 Å². The van der Waals surface area contributed by atoms with E-state index in [1.807, 2.05) is 0 Å². The quantitative estimate of drug-likeness (QED) is 0.505. The highest BCUT2D eigenvalue weighted by atomic mass is 35.5. The monoisotopic (exact) mass is 401 g/mol. The first-order chi connectivity index (χ1) is 13.7. The van der Waals surface area contributed by atoms with Crippen LogP contribution in [0.5, 0.6) is 0 Å². The smallest absolute Gasteiger partial charge is 0.177 e. The molecule has 1 atom stereocenters. The lowest BCUT2D eigenvalue weighted by atomic mass is 10.0. The number of nitrogens with one attached hydrogen (secondary N) is 2. The van der Waals surface area contributed by atoms with E-state index in [4.69, 9.17) is 21.7 Å². The van der Waals surface area contributed by atoms with Gasteiger partial charge in [0.2, 0.25) is 0 Å². The Labute approximate surface area is 168 Å². The molecule has 3 rings (SSSR count). The van der Waals surface area contributed by atoms with Crippen molar-refractivity contribution in [1.29, 1.82) is 5.41 Å². The van der Waals surface area contributed by atoms with Crippen molar-refractivity contribution in [2.75, 3.05) is 12.4 Å². The molecule has 148 valence electrons. The number of nitrogens with zero attached hydrogens (tertiary/aromatic N) is 5. The van der Waals surface area contributed by atoms with Gasteiger partial charge in [-0.25, -0.2) is 19.5 Å². The first-order valence-corrected chi connectivity index (χ1v) is 9.61. The van der Waals surface area contributed by atoms with E-state index in [0.717, 1.165) is 29.7 Å². The second kappa shape index (κ2) is 9.57. The van der Waals surface area contributed by atoms with Gasteiger partial charge in [0.05, 0.1) is 10.7 Å². The van der Waals surface area contributed by atoms with E-state index in [9.17, 15) is 0 Å². The molecule has 0 radical (unpaired) electrons. The van der Waals surface area contributed by atoms with Gasteiger partial charge in [0, 0.05) is 37.8 Å². The number of hydrogen-bond donors (Lipinski definition) is 2. The molecule has 28 heavy (non-hydrogen) atoms. The van der Waals surface area contributed by atoms with Crippen molar-refractivity contribution in [2.45, 2.75) is 45.3 Å². The standard InChI is InChI=1S/C19H24ClN7O/c1-3-5-14-16(23-12-27-19(14)25-17(26-27)11-28-2)10-13(7-8-21)24-18-15(20)6-4-9-22-18/h4,6,8-9,12-13,21H,3,5,7,10-11H2,1-2H3,(H,22,24). The average molecular weight is 402 g/mol. The summed E-state index contributed by atoms with van der Waals surface area (Å²) in [4.78, 5) is 13.6. The van der Waals surface area contributed by atoms with Crippen molar-refractivity contribution in [3.8, 4) is 0 Å². The van der Waals surface area contributed by atoms with Crippen LogP contribution in [-0.2, 0) is 24.2 Å². The first-order valence-electron chi connectivity index (χ1n) is 9.23. The Balaban J connectivity index is 1.92. The molecule has 0 saturated heterocycles. The molecule has 0 aliphatic carbocycles. The fourth-order valence-corrected chi connectivity index (χ4v) is 3.29. The molecule has 0 aliphatic heterocycles. The molecule has 0 saturated carbocycles. The maximum Gasteiger partial charge on any atom is 0.177 e. The average Bonchev–Trinajstić information content (AvgIpc) is 3.09. The summed E-state index contributed by atoms with van der Waals surface area (Å²) in [5, 5.41) is 15.9. The molecular weight excluding hydrogens is 378 g/mol. The van der Waals surface area contributed by atoms with E-state index in [0.29, 0.717) is 36.1 Å². The maximum atomic E-state index is 7.55. The largest absolute Gasteiger partial charge is 0.377 e.